The lowest BCUT2D eigenvalue weighted by atomic mass is 10.1. The summed E-state index contributed by atoms with van der Waals surface area (Å²) in [4.78, 5) is 16.1. The quantitative estimate of drug-likeness (QED) is 0.755. The van der Waals surface area contributed by atoms with Crippen molar-refractivity contribution in [3.05, 3.63) is 66.1 Å². The van der Waals surface area contributed by atoms with E-state index in [2.05, 4.69) is 20.8 Å². The number of nitrogens with zero attached hydrogens (tertiary/aromatic N) is 3. The molecule has 1 atom stereocenters. The number of imidazole rings is 1. The molecule has 3 aromatic rings. The number of rotatable bonds is 5. The molecule has 2 heterocycles. The molecule has 0 radical (unpaired) electrons. The minimum absolute atomic E-state index is 0.134. The van der Waals surface area contributed by atoms with Crippen molar-refractivity contribution < 1.29 is 9.32 Å². The first kappa shape index (κ1) is 15.8. The second-order valence-electron chi connectivity index (χ2n) is 5.55. The Bertz CT molecular complexity index is 810. The first-order valence-corrected chi connectivity index (χ1v) is 7.66. The molecule has 0 aliphatic rings. The van der Waals surface area contributed by atoms with Gasteiger partial charge in [-0.1, -0.05) is 17.3 Å². The number of hydrogen-bond donors (Lipinski definition) is 2. The van der Waals surface area contributed by atoms with Crippen molar-refractivity contribution in [2.45, 2.75) is 26.4 Å². The van der Waals surface area contributed by atoms with Crippen LogP contribution in [0.15, 0.2) is 53.6 Å². The van der Waals surface area contributed by atoms with Crippen molar-refractivity contribution in [2.75, 3.05) is 0 Å². The third-order valence-corrected chi connectivity index (χ3v) is 3.62. The Morgan fingerprint density at radius 3 is 2.96 bits per heavy atom. The molecule has 2 aromatic heterocycles. The van der Waals surface area contributed by atoms with Crippen LogP contribution in [0.2, 0.25) is 0 Å². The number of carbonyl (C=O) groups excluding carboxylic acids is 1. The predicted molar refractivity (Wildman–Crippen MR) is 88.6 cm³/mol. The van der Waals surface area contributed by atoms with Gasteiger partial charge in [0.05, 0.1) is 24.6 Å². The Kier molecular flexibility index (Phi) is 4.60. The molecule has 124 valence electrons. The highest BCUT2D eigenvalue weighted by Gasteiger charge is 2.11. The zero-order valence-corrected chi connectivity index (χ0v) is 13.6. The highest BCUT2D eigenvalue weighted by Crippen LogP contribution is 2.16. The van der Waals surface area contributed by atoms with Crippen LogP contribution in [-0.2, 0) is 6.54 Å². The second-order valence-corrected chi connectivity index (χ2v) is 5.55. The monoisotopic (exact) mass is 325 g/mol. The van der Waals surface area contributed by atoms with Gasteiger partial charge in [-0.25, -0.2) is 9.78 Å². The van der Waals surface area contributed by atoms with Gasteiger partial charge in [-0.05, 0) is 31.5 Å². The van der Waals surface area contributed by atoms with Crippen LogP contribution >= 0.6 is 0 Å². The van der Waals surface area contributed by atoms with E-state index in [0.29, 0.717) is 12.3 Å². The van der Waals surface area contributed by atoms with Crippen molar-refractivity contribution in [2.24, 2.45) is 0 Å². The highest BCUT2D eigenvalue weighted by atomic mass is 16.5. The van der Waals surface area contributed by atoms with Crippen LogP contribution in [0.25, 0.3) is 5.69 Å². The van der Waals surface area contributed by atoms with Gasteiger partial charge in [0.25, 0.3) is 0 Å². The van der Waals surface area contributed by atoms with Crippen LogP contribution < -0.4 is 10.6 Å². The average molecular weight is 325 g/mol. The largest absolute Gasteiger partial charge is 0.359 e. The number of aromatic nitrogens is 3. The molecule has 0 spiro atoms. The molecular formula is C17H19N5O2. The molecule has 0 unspecified atom stereocenters. The smallest absolute Gasteiger partial charge is 0.315 e. The first-order valence-electron chi connectivity index (χ1n) is 7.66. The summed E-state index contributed by atoms with van der Waals surface area (Å²) in [5.74, 6) is 0.623. The molecule has 7 heteroatoms. The number of nitrogens with one attached hydrogen (secondary N) is 2. The number of hydrogen-bond acceptors (Lipinski definition) is 4. The third kappa shape index (κ3) is 3.81. The van der Waals surface area contributed by atoms with Gasteiger partial charge in [-0.15, -0.1) is 0 Å². The van der Waals surface area contributed by atoms with Crippen LogP contribution in [-0.4, -0.2) is 20.7 Å². The van der Waals surface area contributed by atoms with Gasteiger partial charge in [0.15, 0.2) is 5.76 Å². The fourth-order valence-electron chi connectivity index (χ4n) is 2.36. The van der Waals surface area contributed by atoms with E-state index in [1.54, 1.807) is 18.6 Å². The topological polar surface area (TPSA) is 85.0 Å². The lowest BCUT2D eigenvalue weighted by Crippen LogP contribution is -2.36. The normalized spacial score (nSPS) is 11.9. The first-order chi connectivity index (χ1) is 11.6. The number of amides is 2. The lowest BCUT2D eigenvalue weighted by molar-refractivity contribution is 0.236. The van der Waals surface area contributed by atoms with Gasteiger partial charge in [-0.2, -0.15) is 0 Å². The van der Waals surface area contributed by atoms with Crippen LogP contribution in [0, 0.1) is 6.92 Å². The molecule has 0 saturated carbocycles. The summed E-state index contributed by atoms with van der Waals surface area (Å²) in [6, 6.07) is 9.34. The van der Waals surface area contributed by atoms with Crippen molar-refractivity contribution >= 4 is 6.03 Å². The summed E-state index contributed by atoms with van der Waals surface area (Å²) in [6.45, 7) is 4.07. The summed E-state index contributed by atoms with van der Waals surface area (Å²) in [6.07, 6.45) is 5.35. The van der Waals surface area contributed by atoms with Gasteiger partial charge < -0.3 is 19.7 Å². The van der Waals surface area contributed by atoms with Crippen LogP contribution in [0.4, 0.5) is 4.79 Å². The number of urea groups is 1. The molecular weight excluding hydrogens is 306 g/mol. The molecule has 0 aliphatic heterocycles. The van der Waals surface area contributed by atoms with E-state index >= 15 is 0 Å². The standard InChI is InChI=1S/C17H19N5O2/c1-12-8-16(24-21-12)10-19-17(23)20-13(2)14-4-3-5-15(9-14)22-7-6-18-11-22/h3-9,11,13H,10H2,1-2H3,(H2,19,20,23)/t13-/m0/s1. The van der Waals surface area contributed by atoms with E-state index in [0.717, 1.165) is 16.9 Å². The molecule has 0 fully saturated rings. The zero-order valence-electron chi connectivity index (χ0n) is 13.6. The summed E-state index contributed by atoms with van der Waals surface area (Å²) in [5, 5.41) is 9.45. The van der Waals surface area contributed by atoms with Crippen molar-refractivity contribution in [3.8, 4) is 5.69 Å². The minimum Gasteiger partial charge on any atom is -0.359 e. The summed E-state index contributed by atoms with van der Waals surface area (Å²) >= 11 is 0. The molecule has 0 aliphatic carbocycles. The average Bonchev–Trinajstić information content (AvgIpc) is 3.24. The lowest BCUT2D eigenvalue weighted by Gasteiger charge is -2.16. The second kappa shape index (κ2) is 6.99. The molecule has 3 rings (SSSR count). The SMILES string of the molecule is Cc1cc(CNC(=O)N[C@@H](C)c2cccc(-n3ccnc3)c2)on1. The van der Waals surface area contributed by atoms with Crippen molar-refractivity contribution in [1.29, 1.82) is 0 Å². The molecule has 0 bridgehead atoms. The van der Waals surface area contributed by atoms with E-state index in [4.69, 9.17) is 4.52 Å². The molecule has 7 nitrogen and oxygen atoms in total. The maximum absolute atomic E-state index is 12.0. The maximum atomic E-state index is 12.0. The minimum atomic E-state index is -0.260. The van der Waals surface area contributed by atoms with E-state index in [1.165, 1.54) is 0 Å². The molecule has 0 saturated heterocycles. The zero-order chi connectivity index (χ0) is 16.9. The highest BCUT2D eigenvalue weighted by molar-refractivity contribution is 5.74. The third-order valence-electron chi connectivity index (χ3n) is 3.62. The van der Waals surface area contributed by atoms with Crippen molar-refractivity contribution in [3.63, 3.8) is 0 Å². The Morgan fingerprint density at radius 2 is 2.25 bits per heavy atom. The number of benzene rings is 1. The summed E-state index contributed by atoms with van der Waals surface area (Å²) in [7, 11) is 0. The van der Waals surface area contributed by atoms with E-state index in [9.17, 15) is 4.79 Å². The van der Waals surface area contributed by atoms with Gasteiger partial charge in [-0.3, -0.25) is 0 Å². The van der Waals surface area contributed by atoms with Gasteiger partial charge in [0, 0.05) is 24.1 Å². The Labute approximate surface area is 139 Å². The fourth-order valence-corrected chi connectivity index (χ4v) is 2.36. The number of carbonyl (C=O) groups is 1. The van der Waals surface area contributed by atoms with Crippen LogP contribution in [0.3, 0.4) is 0 Å². The fraction of sp³-hybridized carbons (Fsp3) is 0.235. The summed E-state index contributed by atoms with van der Waals surface area (Å²) in [5.41, 5.74) is 2.79. The van der Waals surface area contributed by atoms with Gasteiger partial charge in [0.1, 0.15) is 0 Å². The molecule has 2 N–H and O–H groups in total. The van der Waals surface area contributed by atoms with Gasteiger partial charge >= 0.3 is 6.03 Å². The van der Waals surface area contributed by atoms with Crippen LogP contribution in [0.5, 0.6) is 0 Å². The summed E-state index contributed by atoms with van der Waals surface area (Å²) < 4.78 is 6.98. The number of aryl methyl sites for hydroxylation is 1. The van der Waals surface area contributed by atoms with E-state index in [1.807, 2.05) is 48.9 Å². The maximum Gasteiger partial charge on any atom is 0.315 e. The predicted octanol–water partition coefficient (Wildman–Crippen LogP) is 2.73. The molecule has 24 heavy (non-hydrogen) atoms. The Balaban J connectivity index is 1.59. The molecule has 2 amide bonds. The van der Waals surface area contributed by atoms with Gasteiger partial charge in [0.2, 0.25) is 0 Å². The Morgan fingerprint density at radius 1 is 1.38 bits per heavy atom. The van der Waals surface area contributed by atoms with Crippen LogP contribution in [0.1, 0.15) is 30.0 Å². The van der Waals surface area contributed by atoms with E-state index in [-0.39, 0.29) is 12.1 Å². The molecule has 1 aromatic carbocycles. The van der Waals surface area contributed by atoms with E-state index < -0.39 is 0 Å². The van der Waals surface area contributed by atoms with Crippen molar-refractivity contribution in [1.82, 2.24) is 25.3 Å². The Hall–Kier alpha value is -3.09.